The van der Waals surface area contributed by atoms with Crippen molar-refractivity contribution in [3.05, 3.63) is 46.8 Å². The first-order valence-corrected chi connectivity index (χ1v) is 8.21. The van der Waals surface area contributed by atoms with Gasteiger partial charge in [0.25, 0.3) is 5.91 Å². The van der Waals surface area contributed by atoms with Crippen molar-refractivity contribution in [3.8, 4) is 5.69 Å². The summed E-state index contributed by atoms with van der Waals surface area (Å²) >= 11 is 0. The van der Waals surface area contributed by atoms with E-state index in [2.05, 4.69) is 10.4 Å². The predicted octanol–water partition coefficient (Wildman–Crippen LogP) is 1.23. The quantitative estimate of drug-likeness (QED) is 0.757. The molecule has 0 aliphatic heterocycles. The standard InChI is InChI=1S/C18H21N3O4/c1-11-6-8-12(9-7-11)21-14-5-3-4-13(14)15(20-21)16(22)19-10-18(2,25)17(23)24/h6-9,25H,3-5,10H2,1-2H3,(H,19,22)(H,23,24). The van der Waals surface area contributed by atoms with Crippen LogP contribution in [0.2, 0.25) is 0 Å². The number of rotatable bonds is 5. The molecule has 0 radical (unpaired) electrons. The van der Waals surface area contributed by atoms with Gasteiger partial charge in [0.1, 0.15) is 0 Å². The van der Waals surface area contributed by atoms with E-state index in [-0.39, 0.29) is 6.54 Å². The molecule has 0 bridgehead atoms. The molecule has 132 valence electrons. The van der Waals surface area contributed by atoms with E-state index in [0.717, 1.165) is 48.7 Å². The van der Waals surface area contributed by atoms with Crippen LogP contribution in [0.1, 0.15) is 40.7 Å². The second-order valence-electron chi connectivity index (χ2n) is 6.64. The summed E-state index contributed by atoms with van der Waals surface area (Å²) in [6.45, 7) is 2.77. The summed E-state index contributed by atoms with van der Waals surface area (Å²) in [4.78, 5) is 23.4. The van der Waals surface area contributed by atoms with E-state index in [1.807, 2.05) is 31.2 Å². The fourth-order valence-electron chi connectivity index (χ4n) is 2.93. The molecule has 0 spiro atoms. The summed E-state index contributed by atoms with van der Waals surface area (Å²) in [6.07, 6.45) is 2.56. The Bertz CT molecular complexity index is 822. The van der Waals surface area contributed by atoms with Crippen molar-refractivity contribution in [3.63, 3.8) is 0 Å². The summed E-state index contributed by atoms with van der Waals surface area (Å²) in [5.41, 5.74) is 2.22. The third-order valence-electron chi connectivity index (χ3n) is 4.48. The number of hydrogen-bond donors (Lipinski definition) is 3. The molecule has 1 aliphatic rings. The number of carboxylic acids is 1. The van der Waals surface area contributed by atoms with Gasteiger partial charge in [-0.2, -0.15) is 5.10 Å². The van der Waals surface area contributed by atoms with Crippen LogP contribution in [0.4, 0.5) is 0 Å². The number of aliphatic hydroxyl groups is 1. The van der Waals surface area contributed by atoms with Crippen LogP contribution in [0.3, 0.4) is 0 Å². The highest BCUT2D eigenvalue weighted by molar-refractivity contribution is 5.94. The second kappa shape index (κ2) is 6.33. The molecule has 1 heterocycles. The van der Waals surface area contributed by atoms with Crippen molar-refractivity contribution in [2.24, 2.45) is 0 Å². The van der Waals surface area contributed by atoms with Gasteiger partial charge in [0.05, 0.1) is 12.2 Å². The predicted molar refractivity (Wildman–Crippen MR) is 90.9 cm³/mol. The Balaban J connectivity index is 1.88. The van der Waals surface area contributed by atoms with Crippen LogP contribution in [0.15, 0.2) is 24.3 Å². The number of nitrogens with zero attached hydrogens (tertiary/aromatic N) is 2. The van der Waals surface area contributed by atoms with Gasteiger partial charge in [0, 0.05) is 11.3 Å². The fourth-order valence-corrected chi connectivity index (χ4v) is 2.93. The molecule has 7 heteroatoms. The topological polar surface area (TPSA) is 104 Å². The molecule has 1 aromatic carbocycles. The van der Waals surface area contributed by atoms with Crippen molar-refractivity contribution < 1.29 is 19.8 Å². The number of benzene rings is 1. The molecular weight excluding hydrogens is 322 g/mol. The van der Waals surface area contributed by atoms with E-state index >= 15 is 0 Å². The van der Waals surface area contributed by atoms with Crippen molar-refractivity contribution in [1.82, 2.24) is 15.1 Å². The summed E-state index contributed by atoms with van der Waals surface area (Å²) in [5.74, 6) is -1.85. The number of aryl methyl sites for hydroxylation is 1. The number of aliphatic carboxylic acids is 1. The van der Waals surface area contributed by atoms with E-state index in [4.69, 9.17) is 5.11 Å². The minimum Gasteiger partial charge on any atom is -0.479 e. The second-order valence-corrected chi connectivity index (χ2v) is 6.64. The first kappa shape index (κ1) is 17.2. The van der Waals surface area contributed by atoms with Crippen molar-refractivity contribution in [1.29, 1.82) is 0 Å². The van der Waals surface area contributed by atoms with Crippen molar-refractivity contribution >= 4 is 11.9 Å². The molecule has 1 amide bonds. The minimum atomic E-state index is -2.02. The lowest BCUT2D eigenvalue weighted by Crippen LogP contribution is -2.46. The number of amides is 1. The first-order chi connectivity index (χ1) is 11.8. The molecule has 0 fully saturated rings. The van der Waals surface area contributed by atoms with Gasteiger partial charge in [-0.3, -0.25) is 4.79 Å². The van der Waals surface area contributed by atoms with Crippen LogP contribution in [-0.2, 0) is 17.6 Å². The van der Waals surface area contributed by atoms with Crippen LogP contribution < -0.4 is 5.32 Å². The minimum absolute atomic E-state index is 0.300. The van der Waals surface area contributed by atoms with Gasteiger partial charge in [0.15, 0.2) is 11.3 Å². The lowest BCUT2D eigenvalue weighted by Gasteiger charge is -2.17. The Kier molecular flexibility index (Phi) is 4.34. The lowest BCUT2D eigenvalue weighted by molar-refractivity contribution is -0.155. The van der Waals surface area contributed by atoms with Gasteiger partial charge < -0.3 is 15.5 Å². The molecule has 0 saturated carbocycles. The van der Waals surface area contributed by atoms with E-state index in [9.17, 15) is 14.7 Å². The molecule has 2 aromatic rings. The van der Waals surface area contributed by atoms with E-state index in [0.29, 0.717) is 5.69 Å². The third-order valence-corrected chi connectivity index (χ3v) is 4.48. The molecule has 1 unspecified atom stereocenters. The van der Waals surface area contributed by atoms with Gasteiger partial charge >= 0.3 is 5.97 Å². The highest BCUT2D eigenvalue weighted by atomic mass is 16.4. The number of nitrogens with one attached hydrogen (secondary N) is 1. The average molecular weight is 343 g/mol. The lowest BCUT2D eigenvalue weighted by atomic mass is 10.1. The van der Waals surface area contributed by atoms with Crippen LogP contribution in [-0.4, -0.2) is 44.0 Å². The van der Waals surface area contributed by atoms with E-state index < -0.39 is 17.5 Å². The van der Waals surface area contributed by atoms with Gasteiger partial charge in [-0.1, -0.05) is 17.7 Å². The molecular formula is C18H21N3O4. The summed E-state index contributed by atoms with van der Waals surface area (Å²) in [5, 5.41) is 25.6. The number of hydrogen-bond acceptors (Lipinski definition) is 4. The number of carbonyl (C=O) groups excluding carboxylic acids is 1. The molecule has 25 heavy (non-hydrogen) atoms. The maximum Gasteiger partial charge on any atom is 0.337 e. The average Bonchev–Trinajstić information content (AvgIpc) is 3.16. The van der Waals surface area contributed by atoms with Crippen LogP contribution >= 0.6 is 0 Å². The summed E-state index contributed by atoms with van der Waals surface area (Å²) in [7, 11) is 0. The Hall–Kier alpha value is -2.67. The normalized spacial score (nSPS) is 15.5. The van der Waals surface area contributed by atoms with Gasteiger partial charge in [-0.05, 0) is 45.2 Å². The van der Waals surface area contributed by atoms with E-state index in [1.165, 1.54) is 0 Å². The third kappa shape index (κ3) is 3.28. The van der Waals surface area contributed by atoms with Crippen molar-refractivity contribution in [2.45, 2.75) is 38.7 Å². The van der Waals surface area contributed by atoms with Crippen LogP contribution in [0.25, 0.3) is 5.69 Å². The Morgan fingerprint density at radius 3 is 2.60 bits per heavy atom. The SMILES string of the molecule is Cc1ccc(-n2nc(C(=O)NCC(C)(O)C(=O)O)c3c2CCC3)cc1. The number of carboxylic acid groups (broad SMARTS) is 1. The zero-order valence-corrected chi connectivity index (χ0v) is 14.2. The fraction of sp³-hybridized carbons (Fsp3) is 0.389. The van der Waals surface area contributed by atoms with Gasteiger partial charge in [-0.15, -0.1) is 0 Å². The molecule has 1 aromatic heterocycles. The Morgan fingerprint density at radius 2 is 1.96 bits per heavy atom. The molecule has 3 rings (SSSR count). The Morgan fingerprint density at radius 1 is 1.28 bits per heavy atom. The summed E-state index contributed by atoms with van der Waals surface area (Å²) in [6, 6.07) is 7.89. The zero-order valence-electron chi connectivity index (χ0n) is 14.2. The zero-order chi connectivity index (χ0) is 18.2. The smallest absolute Gasteiger partial charge is 0.337 e. The maximum atomic E-state index is 12.5. The Labute approximate surface area is 145 Å². The summed E-state index contributed by atoms with van der Waals surface area (Å²) < 4.78 is 1.78. The van der Waals surface area contributed by atoms with Crippen LogP contribution in [0, 0.1) is 6.92 Å². The molecule has 7 nitrogen and oxygen atoms in total. The number of aromatic nitrogens is 2. The highest BCUT2D eigenvalue weighted by Gasteiger charge is 2.32. The largest absolute Gasteiger partial charge is 0.479 e. The van der Waals surface area contributed by atoms with E-state index in [1.54, 1.807) is 4.68 Å². The van der Waals surface area contributed by atoms with Gasteiger partial charge in [-0.25, -0.2) is 9.48 Å². The highest BCUT2D eigenvalue weighted by Crippen LogP contribution is 2.28. The maximum absolute atomic E-state index is 12.5. The van der Waals surface area contributed by atoms with Crippen molar-refractivity contribution in [2.75, 3.05) is 6.54 Å². The monoisotopic (exact) mass is 343 g/mol. The number of carbonyl (C=O) groups is 2. The molecule has 1 aliphatic carbocycles. The molecule has 0 saturated heterocycles. The van der Waals surface area contributed by atoms with Crippen LogP contribution in [0.5, 0.6) is 0 Å². The first-order valence-electron chi connectivity index (χ1n) is 8.21. The molecule has 1 atom stereocenters. The number of fused-ring (bicyclic) bond motifs is 1. The molecule has 3 N–H and O–H groups in total. The van der Waals surface area contributed by atoms with Gasteiger partial charge in [0.2, 0.25) is 0 Å².